The van der Waals surface area contributed by atoms with E-state index in [2.05, 4.69) is 17.2 Å². The van der Waals surface area contributed by atoms with Crippen molar-refractivity contribution < 1.29 is 14.7 Å². The number of aryl methyl sites for hydroxylation is 1. The number of nitrogens with zero attached hydrogens (tertiary/aromatic N) is 1. The third-order valence-electron chi connectivity index (χ3n) is 2.85. The quantitative estimate of drug-likeness (QED) is 0.769. The number of carbonyl (C=O) groups excluding carboxylic acids is 1. The fraction of sp³-hybridized carbons (Fsp3) is 0.615. The van der Waals surface area contributed by atoms with Gasteiger partial charge in [0.2, 0.25) is 5.91 Å². The molecule has 2 N–H and O–H groups in total. The maximum atomic E-state index is 11.7. The van der Waals surface area contributed by atoms with Gasteiger partial charge in [-0.25, -0.2) is 4.98 Å². The van der Waals surface area contributed by atoms with Gasteiger partial charge < -0.3 is 10.4 Å². The van der Waals surface area contributed by atoms with E-state index in [0.717, 1.165) is 12.1 Å². The van der Waals surface area contributed by atoms with Crippen LogP contribution in [0.3, 0.4) is 0 Å². The molecule has 19 heavy (non-hydrogen) atoms. The molecule has 0 aliphatic heterocycles. The van der Waals surface area contributed by atoms with Gasteiger partial charge in [0.05, 0.1) is 5.69 Å². The minimum Gasteiger partial charge on any atom is -0.481 e. The average molecular weight is 284 g/mol. The van der Waals surface area contributed by atoms with E-state index >= 15 is 0 Å². The summed E-state index contributed by atoms with van der Waals surface area (Å²) < 4.78 is 0. The lowest BCUT2D eigenvalue weighted by molar-refractivity contribution is -0.137. The molecule has 106 valence electrons. The Labute approximate surface area is 117 Å². The zero-order valence-corrected chi connectivity index (χ0v) is 12.1. The normalized spacial score (nSPS) is 12.1. The summed E-state index contributed by atoms with van der Waals surface area (Å²) in [6, 6.07) is 0. The predicted octanol–water partition coefficient (Wildman–Crippen LogP) is 2.93. The van der Waals surface area contributed by atoms with E-state index in [-0.39, 0.29) is 12.3 Å². The van der Waals surface area contributed by atoms with E-state index in [4.69, 9.17) is 5.11 Å². The van der Waals surface area contributed by atoms with Crippen molar-refractivity contribution in [2.24, 2.45) is 5.92 Å². The third-order valence-corrected chi connectivity index (χ3v) is 3.66. The highest BCUT2D eigenvalue weighted by Gasteiger charge is 2.10. The number of anilines is 1. The highest BCUT2D eigenvalue weighted by molar-refractivity contribution is 7.13. The molecule has 5 nitrogen and oxygen atoms in total. The Kier molecular flexibility index (Phi) is 6.49. The fourth-order valence-electron chi connectivity index (χ4n) is 1.53. The lowest BCUT2D eigenvalue weighted by atomic mass is 10.1. The summed E-state index contributed by atoms with van der Waals surface area (Å²) >= 11 is 1.38. The summed E-state index contributed by atoms with van der Waals surface area (Å²) in [5.41, 5.74) is 0.838. The van der Waals surface area contributed by atoms with Crippen molar-refractivity contribution in [1.29, 1.82) is 0 Å². The molecule has 1 rings (SSSR count). The molecule has 0 radical (unpaired) electrons. The molecule has 0 aliphatic rings. The standard InChI is InChI=1S/C13H20N2O3S/c1-3-9(2)7-11(16)15-13-14-10(8-19-13)5-4-6-12(17)18/h8-9H,3-7H2,1-2H3,(H,17,18)(H,14,15,16). The highest BCUT2D eigenvalue weighted by atomic mass is 32.1. The van der Waals surface area contributed by atoms with Crippen molar-refractivity contribution in [3.8, 4) is 0 Å². The number of nitrogens with one attached hydrogen (secondary N) is 1. The van der Waals surface area contributed by atoms with Crippen LogP contribution in [0.2, 0.25) is 0 Å². The van der Waals surface area contributed by atoms with Crippen LogP contribution in [0.1, 0.15) is 45.2 Å². The molecule has 6 heteroatoms. The van der Waals surface area contributed by atoms with Gasteiger partial charge in [-0.3, -0.25) is 9.59 Å². The van der Waals surface area contributed by atoms with Crippen LogP contribution in [0.5, 0.6) is 0 Å². The van der Waals surface area contributed by atoms with Gasteiger partial charge in [-0.15, -0.1) is 11.3 Å². The molecule has 0 aliphatic carbocycles. The van der Waals surface area contributed by atoms with Gasteiger partial charge in [0, 0.05) is 18.2 Å². The van der Waals surface area contributed by atoms with Crippen LogP contribution in [0.4, 0.5) is 5.13 Å². The number of carboxylic acids is 1. The molecule has 0 fully saturated rings. The Morgan fingerprint density at radius 3 is 2.89 bits per heavy atom. The molecule has 0 saturated heterocycles. The number of hydrogen-bond donors (Lipinski definition) is 2. The SMILES string of the molecule is CCC(C)CC(=O)Nc1nc(CCCC(=O)O)cs1. The average Bonchev–Trinajstić information content (AvgIpc) is 2.75. The van der Waals surface area contributed by atoms with Crippen molar-refractivity contribution in [3.63, 3.8) is 0 Å². The Morgan fingerprint density at radius 1 is 1.53 bits per heavy atom. The second-order valence-corrected chi connectivity index (χ2v) is 5.52. The van der Waals surface area contributed by atoms with Crippen molar-refractivity contribution in [2.45, 2.75) is 46.0 Å². The van der Waals surface area contributed by atoms with Crippen LogP contribution in [-0.2, 0) is 16.0 Å². The molecule has 1 unspecified atom stereocenters. The molecule has 1 aromatic heterocycles. The molecule has 0 bridgehead atoms. The highest BCUT2D eigenvalue weighted by Crippen LogP contribution is 2.18. The first kappa shape index (κ1) is 15.6. The topological polar surface area (TPSA) is 79.3 Å². The van der Waals surface area contributed by atoms with Crippen molar-refractivity contribution in [3.05, 3.63) is 11.1 Å². The summed E-state index contributed by atoms with van der Waals surface area (Å²) in [6.07, 6.45) is 2.83. The van der Waals surface area contributed by atoms with Crippen LogP contribution in [0.25, 0.3) is 0 Å². The van der Waals surface area contributed by atoms with Crippen LogP contribution in [0, 0.1) is 5.92 Å². The van der Waals surface area contributed by atoms with Crippen molar-refractivity contribution in [1.82, 2.24) is 4.98 Å². The smallest absolute Gasteiger partial charge is 0.303 e. The first-order valence-electron chi connectivity index (χ1n) is 6.47. The summed E-state index contributed by atoms with van der Waals surface area (Å²) in [4.78, 5) is 26.3. The maximum Gasteiger partial charge on any atom is 0.303 e. The first-order chi connectivity index (χ1) is 9.01. The molecular weight excluding hydrogens is 264 g/mol. The lowest BCUT2D eigenvalue weighted by Crippen LogP contribution is -2.14. The number of amides is 1. The largest absolute Gasteiger partial charge is 0.481 e. The number of hydrogen-bond acceptors (Lipinski definition) is 4. The van der Waals surface area contributed by atoms with Gasteiger partial charge in [-0.2, -0.15) is 0 Å². The van der Waals surface area contributed by atoms with Crippen LogP contribution < -0.4 is 5.32 Å². The van der Waals surface area contributed by atoms with Gasteiger partial charge in [0.15, 0.2) is 5.13 Å². The summed E-state index contributed by atoms with van der Waals surface area (Å²) in [5.74, 6) is -0.437. The van der Waals surface area contributed by atoms with Crippen molar-refractivity contribution >= 4 is 28.3 Å². The molecule has 1 amide bonds. The predicted molar refractivity (Wildman–Crippen MR) is 75.4 cm³/mol. The minimum atomic E-state index is -0.794. The number of aromatic nitrogens is 1. The van der Waals surface area contributed by atoms with Gasteiger partial charge in [-0.1, -0.05) is 20.3 Å². The van der Waals surface area contributed by atoms with E-state index in [9.17, 15) is 9.59 Å². The third kappa shape index (κ3) is 6.33. The molecule has 0 spiro atoms. The van der Waals surface area contributed by atoms with Crippen LogP contribution >= 0.6 is 11.3 Å². The molecule has 0 saturated carbocycles. The number of rotatable bonds is 8. The first-order valence-corrected chi connectivity index (χ1v) is 7.35. The molecular formula is C13H20N2O3S. The van der Waals surface area contributed by atoms with Crippen LogP contribution in [-0.4, -0.2) is 22.0 Å². The van der Waals surface area contributed by atoms with Gasteiger partial charge >= 0.3 is 5.97 Å². The Hall–Kier alpha value is -1.43. The Balaban J connectivity index is 2.37. The second kappa shape index (κ2) is 7.89. The molecule has 1 heterocycles. The summed E-state index contributed by atoms with van der Waals surface area (Å²) in [5, 5.41) is 13.8. The van der Waals surface area contributed by atoms with E-state index in [1.165, 1.54) is 11.3 Å². The van der Waals surface area contributed by atoms with E-state index in [1.807, 2.05) is 12.3 Å². The van der Waals surface area contributed by atoms with E-state index < -0.39 is 5.97 Å². The second-order valence-electron chi connectivity index (χ2n) is 4.66. The van der Waals surface area contributed by atoms with Gasteiger partial charge in [0.1, 0.15) is 0 Å². The van der Waals surface area contributed by atoms with Crippen molar-refractivity contribution in [2.75, 3.05) is 5.32 Å². The summed E-state index contributed by atoms with van der Waals surface area (Å²) in [7, 11) is 0. The number of carboxylic acid groups (broad SMARTS) is 1. The summed E-state index contributed by atoms with van der Waals surface area (Å²) in [6.45, 7) is 4.10. The van der Waals surface area contributed by atoms with E-state index in [1.54, 1.807) is 0 Å². The Bertz CT molecular complexity index is 431. The van der Waals surface area contributed by atoms with Crippen LogP contribution in [0.15, 0.2) is 5.38 Å². The molecule has 0 aromatic carbocycles. The number of carbonyl (C=O) groups is 2. The fourth-order valence-corrected chi connectivity index (χ4v) is 2.29. The monoisotopic (exact) mass is 284 g/mol. The zero-order chi connectivity index (χ0) is 14.3. The molecule has 1 aromatic rings. The van der Waals surface area contributed by atoms with Gasteiger partial charge in [0.25, 0.3) is 0 Å². The number of aliphatic carboxylic acids is 1. The minimum absolute atomic E-state index is 0.0132. The molecule has 1 atom stereocenters. The van der Waals surface area contributed by atoms with E-state index in [0.29, 0.717) is 30.3 Å². The zero-order valence-electron chi connectivity index (χ0n) is 11.3. The Morgan fingerprint density at radius 2 is 2.26 bits per heavy atom. The van der Waals surface area contributed by atoms with Gasteiger partial charge in [-0.05, 0) is 18.8 Å². The number of thiazole rings is 1. The lowest BCUT2D eigenvalue weighted by Gasteiger charge is -2.06. The maximum absolute atomic E-state index is 11.7.